The fraction of sp³-hybridized carbons (Fsp3) is 0.250. The summed E-state index contributed by atoms with van der Waals surface area (Å²) in [5.74, 6) is -0.712. The van der Waals surface area contributed by atoms with Crippen LogP contribution in [0.5, 0.6) is 0 Å². The van der Waals surface area contributed by atoms with E-state index in [-0.39, 0.29) is 12.2 Å². The number of fused-ring (bicyclic) bond motifs is 1. The van der Waals surface area contributed by atoms with Gasteiger partial charge in [-0.3, -0.25) is 9.36 Å². The number of pyridine rings is 1. The van der Waals surface area contributed by atoms with Gasteiger partial charge in [0.15, 0.2) is 5.78 Å². The minimum Gasteiger partial charge on any atom is -0.423 e. The van der Waals surface area contributed by atoms with E-state index in [4.69, 9.17) is 4.65 Å². The lowest BCUT2D eigenvalue weighted by molar-refractivity contribution is -0.138. The minimum absolute atomic E-state index is 0.0106. The lowest BCUT2D eigenvalue weighted by Gasteiger charge is -2.19. The Hall–Kier alpha value is -2.98. The van der Waals surface area contributed by atoms with Gasteiger partial charge in [-0.25, -0.2) is 9.97 Å². The van der Waals surface area contributed by atoms with E-state index in [1.807, 2.05) is 0 Å². The van der Waals surface area contributed by atoms with Crippen molar-refractivity contribution in [1.82, 2.24) is 14.5 Å². The van der Waals surface area contributed by atoms with E-state index >= 15 is 0 Å². The number of carbonyl (C=O) groups is 1. The summed E-state index contributed by atoms with van der Waals surface area (Å²) in [5, 5.41) is 10.1. The first-order chi connectivity index (χ1) is 14.1. The molecule has 0 bridgehead atoms. The summed E-state index contributed by atoms with van der Waals surface area (Å²) >= 11 is 0. The number of Topliss-reactive ketones (excluding diaryl/α,β-unsaturated/α-hetero) is 1. The number of nitrogens with zero attached hydrogens (tertiary/aromatic N) is 3. The van der Waals surface area contributed by atoms with Crippen molar-refractivity contribution >= 4 is 18.4 Å². The number of carbonyl (C=O) groups excluding carboxylic acids is 1. The maximum Gasteiger partial charge on any atom is 0.492 e. The molecule has 0 saturated carbocycles. The molecule has 2 aromatic heterocycles. The maximum atomic E-state index is 13.6. The van der Waals surface area contributed by atoms with Crippen molar-refractivity contribution in [3.63, 3.8) is 0 Å². The summed E-state index contributed by atoms with van der Waals surface area (Å²) < 4.78 is 47.7. The molecule has 1 aliphatic heterocycles. The number of halogens is 3. The SMILES string of the molecule is CC1(C)OB(O)c2cc(CC(=O)c3cnc(-n4ccnc4)cc3C(F)(F)F)ccc21. The normalized spacial score (nSPS) is 15.3. The molecule has 1 aromatic carbocycles. The van der Waals surface area contributed by atoms with Crippen molar-refractivity contribution in [2.24, 2.45) is 0 Å². The molecule has 3 aromatic rings. The molecule has 154 valence electrons. The smallest absolute Gasteiger partial charge is 0.423 e. The quantitative estimate of drug-likeness (QED) is 0.524. The molecule has 0 unspecified atom stereocenters. The van der Waals surface area contributed by atoms with Crippen LogP contribution in [0.3, 0.4) is 0 Å². The summed E-state index contributed by atoms with van der Waals surface area (Å²) in [6, 6.07) is 5.80. The second kappa shape index (κ2) is 7.07. The molecule has 1 N–H and O–H groups in total. The highest BCUT2D eigenvalue weighted by Gasteiger charge is 2.41. The van der Waals surface area contributed by atoms with Gasteiger partial charge in [-0.1, -0.05) is 18.2 Å². The van der Waals surface area contributed by atoms with Crippen LogP contribution in [0.25, 0.3) is 5.82 Å². The van der Waals surface area contributed by atoms with E-state index in [0.717, 1.165) is 17.8 Å². The van der Waals surface area contributed by atoms with E-state index < -0.39 is 35.8 Å². The molecule has 0 saturated heterocycles. The molecule has 3 heterocycles. The first-order valence-electron chi connectivity index (χ1n) is 9.14. The average Bonchev–Trinajstić information content (AvgIpc) is 3.27. The average molecular weight is 415 g/mol. The van der Waals surface area contributed by atoms with Crippen molar-refractivity contribution in [3.05, 3.63) is 71.4 Å². The van der Waals surface area contributed by atoms with Gasteiger partial charge in [0.25, 0.3) is 0 Å². The lowest BCUT2D eigenvalue weighted by Crippen LogP contribution is -2.29. The van der Waals surface area contributed by atoms with Gasteiger partial charge < -0.3 is 9.68 Å². The zero-order valence-corrected chi connectivity index (χ0v) is 16.1. The van der Waals surface area contributed by atoms with Crippen LogP contribution < -0.4 is 5.46 Å². The van der Waals surface area contributed by atoms with Crippen molar-refractivity contribution < 1.29 is 27.6 Å². The van der Waals surface area contributed by atoms with Crippen LogP contribution in [0.4, 0.5) is 13.2 Å². The Morgan fingerprint density at radius 1 is 1.30 bits per heavy atom. The van der Waals surface area contributed by atoms with Crippen LogP contribution in [-0.4, -0.2) is 32.5 Å². The van der Waals surface area contributed by atoms with Crippen LogP contribution in [0.2, 0.25) is 0 Å². The number of hydrogen-bond acceptors (Lipinski definition) is 5. The van der Waals surface area contributed by atoms with Crippen molar-refractivity contribution in [2.75, 3.05) is 0 Å². The molecule has 0 spiro atoms. The Kier molecular flexibility index (Phi) is 4.78. The van der Waals surface area contributed by atoms with Gasteiger partial charge in [0.2, 0.25) is 0 Å². The molecule has 4 rings (SSSR count). The Balaban J connectivity index is 1.66. The molecule has 1 aliphatic rings. The van der Waals surface area contributed by atoms with E-state index in [1.165, 1.54) is 23.3 Å². The standard InChI is InChI=1S/C20H17BF3N3O3/c1-19(2)14-4-3-12(7-16(14)21(29)30-19)8-17(28)13-10-26-18(27-6-5-25-11-27)9-15(13)20(22,23)24/h3-7,9-11,29H,8H2,1-2H3. The van der Waals surface area contributed by atoms with Crippen LogP contribution in [0, 0.1) is 0 Å². The summed E-state index contributed by atoms with van der Waals surface area (Å²) in [6.07, 6.45) is 0.147. The van der Waals surface area contributed by atoms with Gasteiger partial charge in [0.05, 0.1) is 11.2 Å². The molecule has 0 atom stereocenters. The minimum atomic E-state index is -4.73. The third kappa shape index (κ3) is 3.64. The predicted molar refractivity (Wildman–Crippen MR) is 103 cm³/mol. The van der Waals surface area contributed by atoms with Crippen molar-refractivity contribution in [3.8, 4) is 5.82 Å². The largest absolute Gasteiger partial charge is 0.492 e. The van der Waals surface area contributed by atoms with Gasteiger partial charge in [-0.2, -0.15) is 13.2 Å². The molecule has 0 fully saturated rings. The Morgan fingerprint density at radius 3 is 2.73 bits per heavy atom. The molecular formula is C20H17BF3N3O3. The summed E-state index contributed by atoms with van der Waals surface area (Å²) in [4.78, 5) is 20.5. The molecule has 6 nitrogen and oxygen atoms in total. The zero-order chi connectivity index (χ0) is 21.7. The highest BCUT2D eigenvalue weighted by atomic mass is 19.4. The monoisotopic (exact) mass is 415 g/mol. The number of rotatable bonds is 4. The maximum absolute atomic E-state index is 13.6. The number of hydrogen-bond donors (Lipinski definition) is 1. The second-order valence-corrected chi connectivity index (χ2v) is 7.56. The van der Waals surface area contributed by atoms with Crippen molar-refractivity contribution in [2.45, 2.75) is 32.0 Å². The van der Waals surface area contributed by atoms with Gasteiger partial charge >= 0.3 is 13.3 Å². The molecule has 10 heteroatoms. The van der Waals surface area contributed by atoms with E-state index in [0.29, 0.717) is 11.0 Å². The Labute approximate surface area is 170 Å². The van der Waals surface area contributed by atoms with Gasteiger partial charge in [0.1, 0.15) is 12.1 Å². The molecule has 0 radical (unpaired) electrons. The summed E-state index contributed by atoms with van der Waals surface area (Å²) in [7, 11) is -1.15. The summed E-state index contributed by atoms with van der Waals surface area (Å²) in [5.41, 5.74) is -0.497. The molecule has 0 aliphatic carbocycles. The van der Waals surface area contributed by atoms with Crippen molar-refractivity contribution in [1.29, 1.82) is 0 Å². The predicted octanol–water partition coefficient (Wildman–Crippen LogP) is 2.66. The Morgan fingerprint density at radius 2 is 2.07 bits per heavy atom. The highest BCUT2D eigenvalue weighted by molar-refractivity contribution is 6.62. The van der Waals surface area contributed by atoms with Crippen LogP contribution in [0.15, 0.2) is 49.2 Å². The van der Waals surface area contributed by atoms with Crippen LogP contribution in [0.1, 0.15) is 40.9 Å². The first-order valence-corrected chi connectivity index (χ1v) is 9.14. The zero-order valence-electron chi connectivity index (χ0n) is 16.1. The van der Waals surface area contributed by atoms with E-state index in [2.05, 4.69) is 9.97 Å². The fourth-order valence-corrected chi connectivity index (χ4v) is 3.60. The van der Waals surface area contributed by atoms with Gasteiger partial charge in [-0.05, 0) is 36.5 Å². The fourth-order valence-electron chi connectivity index (χ4n) is 3.60. The van der Waals surface area contributed by atoms with Crippen LogP contribution in [-0.2, 0) is 22.9 Å². The Bertz CT molecular complexity index is 1110. The van der Waals surface area contributed by atoms with E-state index in [9.17, 15) is 23.0 Å². The number of imidazole rings is 1. The molecule has 0 amide bonds. The van der Waals surface area contributed by atoms with E-state index in [1.54, 1.807) is 32.0 Å². The highest BCUT2D eigenvalue weighted by Crippen LogP contribution is 2.34. The summed E-state index contributed by atoms with van der Waals surface area (Å²) in [6.45, 7) is 3.60. The van der Waals surface area contributed by atoms with Gasteiger partial charge in [-0.15, -0.1) is 0 Å². The number of alkyl halides is 3. The number of benzene rings is 1. The number of ketones is 1. The topological polar surface area (TPSA) is 77.2 Å². The number of aromatic nitrogens is 3. The molecular weight excluding hydrogens is 398 g/mol. The van der Waals surface area contributed by atoms with Gasteiger partial charge in [0, 0.05) is 30.6 Å². The third-order valence-corrected chi connectivity index (χ3v) is 5.07. The van der Waals surface area contributed by atoms with Crippen LogP contribution >= 0.6 is 0 Å². The lowest BCUT2D eigenvalue weighted by atomic mass is 9.77. The third-order valence-electron chi connectivity index (χ3n) is 5.07. The first kappa shape index (κ1) is 20.3. The molecule has 30 heavy (non-hydrogen) atoms. The second-order valence-electron chi connectivity index (χ2n) is 7.56.